The maximum Gasteiger partial charge on any atom is 0.0165 e. The van der Waals surface area contributed by atoms with Gasteiger partial charge in [0.25, 0.3) is 0 Å². The maximum absolute atomic E-state index is 6.80. The molecule has 0 bridgehead atoms. The Bertz CT molecular complexity index is 325. The molecular weight excluding hydrogens is 230 g/mol. The average Bonchev–Trinajstić information content (AvgIpc) is 2.48. The van der Waals surface area contributed by atoms with Crippen molar-refractivity contribution in [2.24, 2.45) is 23.0 Å². The second kappa shape index (κ2) is 6.74. The molecule has 3 unspecified atom stereocenters. The minimum Gasteiger partial charge on any atom is -0.327 e. The van der Waals surface area contributed by atoms with Crippen LogP contribution in [0.2, 0.25) is 0 Å². The van der Waals surface area contributed by atoms with Gasteiger partial charge in [-0.2, -0.15) is 0 Å². The predicted octanol–water partition coefficient (Wildman–Crippen LogP) is 4.83. The fourth-order valence-electron chi connectivity index (χ4n) is 4.23. The molecule has 1 saturated carbocycles. The van der Waals surface area contributed by atoms with Gasteiger partial charge in [0.15, 0.2) is 0 Å². The lowest BCUT2D eigenvalue weighted by Crippen LogP contribution is -2.50. The summed E-state index contributed by atoms with van der Waals surface area (Å²) >= 11 is 0. The minimum absolute atomic E-state index is 0.215. The highest BCUT2D eigenvalue weighted by Crippen LogP contribution is 2.45. The summed E-state index contributed by atoms with van der Waals surface area (Å²) in [6.45, 7) is 4.70. The van der Waals surface area contributed by atoms with E-state index in [1.54, 1.807) is 0 Å². The summed E-state index contributed by atoms with van der Waals surface area (Å²) in [5.41, 5.74) is 7.02. The summed E-state index contributed by atoms with van der Waals surface area (Å²) in [5.74, 6) is 1.43. The Morgan fingerprint density at radius 1 is 1.21 bits per heavy atom. The van der Waals surface area contributed by atoms with E-state index in [1.807, 2.05) is 0 Å². The quantitative estimate of drug-likeness (QED) is 0.753. The second-order valence-electron chi connectivity index (χ2n) is 6.72. The molecule has 108 valence electrons. The van der Waals surface area contributed by atoms with E-state index in [0.717, 1.165) is 12.3 Å². The zero-order chi connectivity index (χ0) is 13.7. The average molecular weight is 261 g/mol. The van der Waals surface area contributed by atoms with Crippen molar-refractivity contribution in [2.45, 2.75) is 71.3 Å². The van der Waals surface area contributed by atoms with Gasteiger partial charge in [0.05, 0.1) is 0 Å². The van der Waals surface area contributed by atoms with Crippen molar-refractivity contribution >= 4 is 0 Å². The highest BCUT2D eigenvalue weighted by atomic mass is 14.7. The van der Waals surface area contributed by atoms with Crippen LogP contribution < -0.4 is 5.73 Å². The second-order valence-corrected chi connectivity index (χ2v) is 6.72. The molecule has 1 fully saturated rings. The maximum atomic E-state index is 6.80. The summed E-state index contributed by atoms with van der Waals surface area (Å²) in [6, 6.07) is 0.343. The molecule has 3 atom stereocenters. The molecule has 0 heterocycles. The topological polar surface area (TPSA) is 26.0 Å². The van der Waals surface area contributed by atoms with Gasteiger partial charge < -0.3 is 5.73 Å². The van der Waals surface area contributed by atoms with Crippen LogP contribution >= 0.6 is 0 Å². The van der Waals surface area contributed by atoms with Gasteiger partial charge >= 0.3 is 0 Å². The van der Waals surface area contributed by atoms with E-state index in [2.05, 4.69) is 38.2 Å². The third kappa shape index (κ3) is 3.13. The van der Waals surface area contributed by atoms with E-state index < -0.39 is 0 Å². The molecule has 0 aliphatic heterocycles. The van der Waals surface area contributed by atoms with Gasteiger partial charge in [-0.15, -0.1) is 0 Å². The molecular formula is C18H31N. The Labute approximate surface area is 119 Å². The van der Waals surface area contributed by atoms with Gasteiger partial charge in [0.2, 0.25) is 0 Å². The molecule has 0 radical (unpaired) electrons. The summed E-state index contributed by atoms with van der Waals surface area (Å²) < 4.78 is 0. The van der Waals surface area contributed by atoms with E-state index in [0.29, 0.717) is 12.0 Å². The molecule has 0 aromatic heterocycles. The number of allylic oxidation sites excluding steroid dienone is 3. The molecule has 0 amide bonds. The smallest absolute Gasteiger partial charge is 0.0165 e. The first-order chi connectivity index (χ1) is 9.20. The van der Waals surface area contributed by atoms with Crippen molar-refractivity contribution in [3.63, 3.8) is 0 Å². The Kier molecular flexibility index (Phi) is 5.27. The van der Waals surface area contributed by atoms with Crippen LogP contribution in [0.15, 0.2) is 24.3 Å². The van der Waals surface area contributed by atoms with Crippen molar-refractivity contribution in [2.75, 3.05) is 0 Å². The standard InChI is InChI=1S/C18H31N/c1-3-10-15(2)18(13-8-5-9-14-18)17(19)16-11-6-4-7-12-16/h5,8-9,13,15-17H,3-4,6-7,10-12,14,19H2,1-2H3. The summed E-state index contributed by atoms with van der Waals surface area (Å²) in [6.07, 6.45) is 19.8. The molecule has 0 aromatic rings. The molecule has 1 heteroatoms. The fraction of sp³-hybridized carbons (Fsp3) is 0.778. The number of hydrogen-bond donors (Lipinski definition) is 1. The molecule has 0 saturated heterocycles. The van der Waals surface area contributed by atoms with E-state index in [1.165, 1.54) is 44.9 Å². The molecule has 2 N–H and O–H groups in total. The Morgan fingerprint density at radius 2 is 1.95 bits per heavy atom. The first-order valence-electron chi connectivity index (χ1n) is 8.30. The summed E-state index contributed by atoms with van der Waals surface area (Å²) in [5, 5.41) is 0. The highest BCUT2D eigenvalue weighted by Gasteiger charge is 2.42. The largest absolute Gasteiger partial charge is 0.327 e. The van der Waals surface area contributed by atoms with Crippen LogP contribution in [0, 0.1) is 17.3 Å². The Morgan fingerprint density at radius 3 is 2.53 bits per heavy atom. The van der Waals surface area contributed by atoms with Crippen LogP contribution in [-0.2, 0) is 0 Å². The first kappa shape index (κ1) is 14.8. The van der Waals surface area contributed by atoms with Gasteiger partial charge in [-0.3, -0.25) is 0 Å². The number of nitrogens with two attached hydrogens (primary N) is 1. The summed E-state index contributed by atoms with van der Waals surface area (Å²) in [4.78, 5) is 0. The van der Waals surface area contributed by atoms with Crippen LogP contribution in [-0.4, -0.2) is 6.04 Å². The third-order valence-corrected chi connectivity index (χ3v) is 5.54. The van der Waals surface area contributed by atoms with Crippen molar-refractivity contribution in [1.82, 2.24) is 0 Å². The molecule has 2 rings (SSSR count). The SMILES string of the molecule is CCCC(C)C1(C(N)C2CCCCC2)C=CC=CC1. The molecule has 19 heavy (non-hydrogen) atoms. The van der Waals surface area contributed by atoms with Gasteiger partial charge in [-0.1, -0.05) is 70.3 Å². The molecule has 2 aliphatic rings. The molecule has 1 nitrogen and oxygen atoms in total. The lowest BCUT2D eigenvalue weighted by molar-refractivity contribution is 0.122. The predicted molar refractivity (Wildman–Crippen MR) is 84.0 cm³/mol. The third-order valence-electron chi connectivity index (χ3n) is 5.54. The minimum atomic E-state index is 0.215. The van der Waals surface area contributed by atoms with Crippen molar-refractivity contribution < 1.29 is 0 Å². The molecule has 2 aliphatic carbocycles. The van der Waals surface area contributed by atoms with Crippen LogP contribution in [0.5, 0.6) is 0 Å². The van der Waals surface area contributed by atoms with E-state index in [4.69, 9.17) is 5.73 Å². The zero-order valence-electron chi connectivity index (χ0n) is 12.8. The van der Waals surface area contributed by atoms with Gasteiger partial charge in [-0.25, -0.2) is 0 Å². The molecule has 0 aromatic carbocycles. The molecule has 0 spiro atoms. The number of hydrogen-bond acceptors (Lipinski definition) is 1. The van der Waals surface area contributed by atoms with E-state index >= 15 is 0 Å². The lowest BCUT2D eigenvalue weighted by atomic mass is 9.61. The van der Waals surface area contributed by atoms with Gasteiger partial charge in [0.1, 0.15) is 0 Å². The lowest BCUT2D eigenvalue weighted by Gasteiger charge is -2.46. The van der Waals surface area contributed by atoms with Gasteiger partial charge in [-0.05, 0) is 31.1 Å². The number of rotatable bonds is 5. The first-order valence-corrected chi connectivity index (χ1v) is 8.30. The van der Waals surface area contributed by atoms with Crippen LogP contribution in [0.4, 0.5) is 0 Å². The van der Waals surface area contributed by atoms with Gasteiger partial charge in [0, 0.05) is 11.5 Å². The fourth-order valence-corrected chi connectivity index (χ4v) is 4.23. The van der Waals surface area contributed by atoms with Crippen LogP contribution in [0.3, 0.4) is 0 Å². The van der Waals surface area contributed by atoms with E-state index in [9.17, 15) is 0 Å². The Balaban J connectivity index is 2.16. The normalized spacial score (nSPS) is 31.3. The van der Waals surface area contributed by atoms with Crippen molar-refractivity contribution in [3.05, 3.63) is 24.3 Å². The zero-order valence-corrected chi connectivity index (χ0v) is 12.8. The monoisotopic (exact) mass is 261 g/mol. The van der Waals surface area contributed by atoms with Crippen molar-refractivity contribution in [3.8, 4) is 0 Å². The van der Waals surface area contributed by atoms with Crippen LogP contribution in [0.25, 0.3) is 0 Å². The summed E-state index contributed by atoms with van der Waals surface area (Å²) in [7, 11) is 0. The Hall–Kier alpha value is -0.560. The van der Waals surface area contributed by atoms with E-state index in [-0.39, 0.29) is 5.41 Å². The highest BCUT2D eigenvalue weighted by molar-refractivity contribution is 5.21. The van der Waals surface area contributed by atoms with Crippen molar-refractivity contribution in [1.29, 1.82) is 0 Å². The van der Waals surface area contributed by atoms with Crippen LogP contribution in [0.1, 0.15) is 65.2 Å².